The lowest BCUT2D eigenvalue weighted by Crippen LogP contribution is -2.10. The van der Waals surface area contributed by atoms with Crippen LogP contribution in [0, 0.1) is 0 Å². The summed E-state index contributed by atoms with van der Waals surface area (Å²) in [4.78, 5) is 16.3. The summed E-state index contributed by atoms with van der Waals surface area (Å²) < 4.78 is 32.0. The van der Waals surface area contributed by atoms with E-state index in [1.807, 2.05) is 42.5 Å². The number of fused-ring (bicyclic) bond motifs is 3. The van der Waals surface area contributed by atoms with Crippen LogP contribution in [0.15, 0.2) is 83.2 Å². The molecular formula is C28H25NO5S2. The minimum atomic E-state index is -3.53. The third-order valence-corrected chi connectivity index (χ3v) is 9.64. The van der Waals surface area contributed by atoms with Crippen LogP contribution in [0.5, 0.6) is 5.75 Å². The third-order valence-electron chi connectivity index (χ3n) is 6.33. The largest absolute Gasteiger partial charge is 0.482 e. The van der Waals surface area contributed by atoms with Crippen LogP contribution in [0.4, 0.5) is 0 Å². The van der Waals surface area contributed by atoms with Gasteiger partial charge in [-0.3, -0.25) is 0 Å². The average Bonchev–Trinajstić information content (AvgIpc) is 3.46. The highest BCUT2D eigenvalue weighted by Gasteiger charge is 2.30. The topological polar surface area (TPSA) is 93.6 Å². The number of hydrogen-bond acceptors (Lipinski definition) is 6. The Hall–Kier alpha value is -3.49. The Kier molecular flexibility index (Phi) is 6.89. The quantitative estimate of drug-likeness (QED) is 0.260. The van der Waals surface area contributed by atoms with Gasteiger partial charge in [0.15, 0.2) is 6.61 Å². The first-order chi connectivity index (χ1) is 17.4. The van der Waals surface area contributed by atoms with Crippen molar-refractivity contribution in [3.05, 3.63) is 100 Å². The fourth-order valence-corrected chi connectivity index (χ4v) is 7.49. The Morgan fingerprint density at radius 3 is 2.28 bits per heavy atom. The van der Waals surface area contributed by atoms with E-state index in [0.29, 0.717) is 30.7 Å². The number of carboxylic acids is 1. The molecule has 0 spiro atoms. The van der Waals surface area contributed by atoms with Crippen LogP contribution < -0.4 is 4.74 Å². The van der Waals surface area contributed by atoms with Gasteiger partial charge in [0, 0.05) is 28.3 Å². The molecule has 0 saturated carbocycles. The minimum absolute atomic E-state index is 0.0319. The van der Waals surface area contributed by atoms with Crippen molar-refractivity contribution < 1.29 is 23.1 Å². The lowest BCUT2D eigenvalue weighted by Gasteiger charge is -2.18. The highest BCUT2D eigenvalue weighted by atomic mass is 32.2. The first kappa shape index (κ1) is 24.2. The van der Waals surface area contributed by atoms with E-state index in [-0.39, 0.29) is 16.0 Å². The fraction of sp³-hybridized carbons (Fsp3) is 0.214. The molecule has 1 aliphatic rings. The van der Waals surface area contributed by atoms with Crippen molar-refractivity contribution in [1.82, 2.24) is 4.98 Å². The highest BCUT2D eigenvalue weighted by molar-refractivity contribution is 7.93. The number of ether oxygens (including phenoxy) is 1. The van der Waals surface area contributed by atoms with E-state index in [0.717, 1.165) is 16.0 Å². The molecule has 0 bridgehead atoms. The number of thiazole rings is 1. The molecule has 0 unspecified atom stereocenters. The summed E-state index contributed by atoms with van der Waals surface area (Å²) in [5.41, 5.74) is 4.66. The lowest BCUT2D eigenvalue weighted by atomic mass is 9.88. The van der Waals surface area contributed by atoms with E-state index in [2.05, 4.69) is 29.2 Å². The van der Waals surface area contributed by atoms with E-state index >= 15 is 0 Å². The molecule has 1 N–H and O–H groups in total. The maximum Gasteiger partial charge on any atom is 0.341 e. The van der Waals surface area contributed by atoms with E-state index in [1.54, 1.807) is 12.1 Å². The molecule has 0 fully saturated rings. The Labute approximate surface area is 214 Å². The number of carboxylic acid groups (broad SMARTS) is 1. The molecule has 4 aromatic rings. The van der Waals surface area contributed by atoms with E-state index < -0.39 is 22.4 Å². The zero-order chi connectivity index (χ0) is 25.1. The van der Waals surface area contributed by atoms with E-state index in [1.165, 1.54) is 22.5 Å². The van der Waals surface area contributed by atoms with Gasteiger partial charge in [-0.25, -0.2) is 18.2 Å². The summed E-state index contributed by atoms with van der Waals surface area (Å²) in [6.45, 7) is -0.426. The molecule has 8 heteroatoms. The molecule has 0 saturated heterocycles. The van der Waals surface area contributed by atoms with Crippen molar-refractivity contribution in [2.45, 2.75) is 29.5 Å². The van der Waals surface area contributed by atoms with Gasteiger partial charge in [0.05, 0.1) is 11.4 Å². The average molecular weight is 520 g/mol. The molecule has 6 nitrogen and oxygen atoms in total. The Morgan fingerprint density at radius 1 is 0.972 bits per heavy atom. The number of benzene rings is 3. The first-order valence-corrected chi connectivity index (χ1v) is 14.2. The van der Waals surface area contributed by atoms with Gasteiger partial charge in [-0.05, 0) is 30.0 Å². The Bertz CT molecular complexity index is 1440. The molecule has 0 radical (unpaired) electrons. The van der Waals surface area contributed by atoms with Crippen molar-refractivity contribution in [1.29, 1.82) is 0 Å². The Morgan fingerprint density at radius 2 is 1.64 bits per heavy atom. The van der Waals surface area contributed by atoms with Gasteiger partial charge in [-0.15, -0.1) is 11.3 Å². The zero-order valence-electron chi connectivity index (χ0n) is 19.5. The van der Waals surface area contributed by atoms with E-state index in [9.17, 15) is 13.2 Å². The van der Waals surface area contributed by atoms with Crippen LogP contribution in [0.25, 0.3) is 11.3 Å². The number of carbonyl (C=O) groups is 1. The molecule has 5 rings (SSSR count). The normalized spacial score (nSPS) is 12.4. The van der Waals surface area contributed by atoms with Crippen LogP contribution in [-0.4, -0.2) is 36.8 Å². The minimum Gasteiger partial charge on any atom is -0.482 e. The third kappa shape index (κ3) is 5.05. The summed E-state index contributed by atoms with van der Waals surface area (Å²) >= 11 is 1.20. The molecule has 0 atom stereocenters. The van der Waals surface area contributed by atoms with Gasteiger partial charge in [-0.1, -0.05) is 72.8 Å². The number of hydrogen-bond donors (Lipinski definition) is 1. The molecule has 1 aromatic heterocycles. The van der Waals surface area contributed by atoms with Crippen LogP contribution >= 0.6 is 11.3 Å². The molecule has 36 heavy (non-hydrogen) atoms. The monoisotopic (exact) mass is 519 g/mol. The number of aromatic nitrogens is 1. The van der Waals surface area contributed by atoms with Gasteiger partial charge in [0.2, 0.25) is 14.2 Å². The molecule has 1 heterocycles. The summed E-state index contributed by atoms with van der Waals surface area (Å²) in [6.07, 6.45) is 1.72. The molecule has 184 valence electrons. The van der Waals surface area contributed by atoms with Crippen molar-refractivity contribution in [3.8, 4) is 17.0 Å². The van der Waals surface area contributed by atoms with Crippen molar-refractivity contribution in [2.24, 2.45) is 0 Å². The van der Waals surface area contributed by atoms with Gasteiger partial charge >= 0.3 is 5.97 Å². The smallest absolute Gasteiger partial charge is 0.341 e. The number of aliphatic carboxylic acids is 1. The number of nitrogens with zero attached hydrogens (tertiary/aromatic N) is 1. The molecule has 0 aliphatic heterocycles. The zero-order valence-corrected chi connectivity index (χ0v) is 21.1. The molecule has 3 aromatic carbocycles. The van der Waals surface area contributed by atoms with Crippen molar-refractivity contribution in [3.63, 3.8) is 0 Å². The number of rotatable bonds is 10. The molecule has 0 amide bonds. The van der Waals surface area contributed by atoms with Crippen molar-refractivity contribution >= 4 is 27.1 Å². The van der Waals surface area contributed by atoms with Crippen LogP contribution in [0.2, 0.25) is 0 Å². The summed E-state index contributed by atoms with van der Waals surface area (Å²) in [5, 5.41) is 8.92. The van der Waals surface area contributed by atoms with Crippen LogP contribution in [0.3, 0.4) is 0 Å². The molecule has 1 aliphatic carbocycles. The summed E-state index contributed by atoms with van der Waals surface area (Å²) in [6, 6.07) is 25.7. The van der Waals surface area contributed by atoms with Gasteiger partial charge in [-0.2, -0.15) is 0 Å². The predicted molar refractivity (Wildman–Crippen MR) is 140 cm³/mol. The van der Waals surface area contributed by atoms with Crippen molar-refractivity contribution in [2.75, 3.05) is 12.4 Å². The van der Waals surface area contributed by atoms with E-state index in [4.69, 9.17) is 9.84 Å². The van der Waals surface area contributed by atoms with Gasteiger partial charge < -0.3 is 9.84 Å². The van der Waals surface area contributed by atoms with Crippen LogP contribution in [0.1, 0.15) is 40.3 Å². The second-order valence-corrected chi connectivity index (χ2v) is 12.1. The van der Waals surface area contributed by atoms with Gasteiger partial charge in [0.1, 0.15) is 5.75 Å². The number of sulfone groups is 1. The first-order valence-electron chi connectivity index (χ1n) is 11.7. The lowest BCUT2D eigenvalue weighted by molar-refractivity contribution is -0.139. The fourth-order valence-electron chi connectivity index (χ4n) is 4.66. The maximum absolute atomic E-state index is 13.2. The standard InChI is InChI=1S/C28H25NO5S2/c30-26(31)18-34-24-15-7-13-22-23(24)17-25-27(22)29-28(35-25)36(32,33)16-8-14-21(19-9-3-1-4-10-19)20-11-5-2-6-12-20/h1-7,9-13,15,21H,8,14,16-18H2,(H,30,31). The summed E-state index contributed by atoms with van der Waals surface area (Å²) in [5.74, 6) is -0.393. The second kappa shape index (κ2) is 10.2. The Balaban J connectivity index is 1.31. The molecular weight excluding hydrogens is 494 g/mol. The highest BCUT2D eigenvalue weighted by Crippen LogP contribution is 2.44. The second-order valence-electron chi connectivity index (χ2n) is 8.73. The maximum atomic E-state index is 13.2. The summed E-state index contributed by atoms with van der Waals surface area (Å²) in [7, 11) is -3.53. The SMILES string of the molecule is O=C(O)COc1cccc2c1Cc1sc(S(=O)(=O)CCCC(c3ccccc3)c3ccccc3)nc1-2. The van der Waals surface area contributed by atoms with Crippen LogP contribution in [-0.2, 0) is 21.1 Å². The predicted octanol–water partition coefficient (Wildman–Crippen LogP) is 5.56. The van der Waals surface area contributed by atoms with Gasteiger partial charge in [0.25, 0.3) is 0 Å².